The third kappa shape index (κ3) is 4.15. The molecule has 19 heavy (non-hydrogen) atoms. The molecule has 1 aromatic heterocycles. The lowest BCUT2D eigenvalue weighted by molar-refractivity contribution is -0.116. The molecule has 0 aliphatic carbocycles. The first kappa shape index (κ1) is 13.7. The molecular weight excluding hydrogens is 258 g/mol. The Bertz CT molecular complexity index is 539. The molecule has 0 fully saturated rings. The first-order valence-electron chi connectivity index (χ1n) is 6.18. The van der Waals surface area contributed by atoms with Crippen molar-refractivity contribution in [2.75, 3.05) is 5.32 Å². The van der Waals surface area contributed by atoms with Crippen molar-refractivity contribution >= 4 is 22.4 Å². The number of nitrogens with zero attached hydrogens (tertiary/aromatic N) is 1. The summed E-state index contributed by atoms with van der Waals surface area (Å²) >= 11 is 1.47. The summed E-state index contributed by atoms with van der Waals surface area (Å²) in [6.07, 6.45) is 2.77. The van der Waals surface area contributed by atoms with E-state index in [9.17, 15) is 4.79 Å². The van der Waals surface area contributed by atoms with Crippen LogP contribution in [0.4, 0.5) is 5.13 Å². The number of carbonyl (C=O) groups is 1. The van der Waals surface area contributed by atoms with Gasteiger partial charge >= 0.3 is 0 Å². The molecule has 0 aliphatic heterocycles. The maximum absolute atomic E-state index is 11.8. The fourth-order valence-electron chi connectivity index (χ4n) is 1.75. The first-order chi connectivity index (χ1) is 9.15. The lowest BCUT2D eigenvalue weighted by Crippen LogP contribution is -2.16. The number of rotatable bonds is 5. The summed E-state index contributed by atoms with van der Waals surface area (Å²) in [6.45, 7) is 1.96. The molecule has 2 aromatic rings. The van der Waals surface area contributed by atoms with E-state index in [1.807, 2.05) is 37.3 Å². The number of nitrogens with two attached hydrogens (primary N) is 1. The highest BCUT2D eigenvalue weighted by Gasteiger charge is 2.10. The fraction of sp³-hybridized carbons (Fsp3) is 0.286. The third-order valence-electron chi connectivity index (χ3n) is 2.78. The Labute approximate surface area is 116 Å². The minimum Gasteiger partial charge on any atom is -0.324 e. The Hall–Kier alpha value is -1.72. The number of benzene rings is 1. The van der Waals surface area contributed by atoms with Crippen LogP contribution in [0, 0.1) is 6.92 Å². The predicted molar refractivity (Wildman–Crippen MR) is 78.1 cm³/mol. The largest absolute Gasteiger partial charge is 0.324 e. The van der Waals surface area contributed by atoms with Crippen LogP contribution in [-0.4, -0.2) is 10.9 Å². The Kier molecular flexibility index (Phi) is 4.65. The Balaban J connectivity index is 1.80. The van der Waals surface area contributed by atoms with Crippen molar-refractivity contribution in [3.63, 3.8) is 0 Å². The van der Waals surface area contributed by atoms with E-state index in [-0.39, 0.29) is 11.9 Å². The number of aromatic nitrogens is 1. The average Bonchev–Trinajstić information content (AvgIpc) is 2.82. The average molecular weight is 275 g/mol. The van der Waals surface area contributed by atoms with Crippen LogP contribution in [0.2, 0.25) is 0 Å². The zero-order valence-corrected chi connectivity index (χ0v) is 11.6. The first-order valence-corrected chi connectivity index (χ1v) is 6.99. The van der Waals surface area contributed by atoms with Gasteiger partial charge in [-0.2, -0.15) is 0 Å². The van der Waals surface area contributed by atoms with Gasteiger partial charge in [-0.25, -0.2) is 4.98 Å². The van der Waals surface area contributed by atoms with E-state index in [2.05, 4.69) is 10.3 Å². The van der Waals surface area contributed by atoms with E-state index in [4.69, 9.17) is 5.73 Å². The van der Waals surface area contributed by atoms with Crippen LogP contribution in [0.5, 0.6) is 0 Å². The second-order valence-electron chi connectivity index (χ2n) is 4.38. The van der Waals surface area contributed by atoms with Gasteiger partial charge in [-0.1, -0.05) is 30.3 Å². The van der Waals surface area contributed by atoms with Gasteiger partial charge in [0.2, 0.25) is 5.91 Å². The number of anilines is 1. The molecule has 0 spiro atoms. The minimum atomic E-state index is -0.106. The Morgan fingerprint density at radius 2 is 2.16 bits per heavy atom. The molecule has 0 saturated heterocycles. The van der Waals surface area contributed by atoms with Crippen molar-refractivity contribution in [3.8, 4) is 0 Å². The number of hydrogen-bond acceptors (Lipinski definition) is 4. The van der Waals surface area contributed by atoms with Crippen LogP contribution in [0.15, 0.2) is 36.5 Å². The van der Waals surface area contributed by atoms with Gasteiger partial charge in [0.05, 0.1) is 0 Å². The Morgan fingerprint density at radius 3 is 2.79 bits per heavy atom. The van der Waals surface area contributed by atoms with E-state index < -0.39 is 0 Å². The number of thiazole rings is 1. The maximum Gasteiger partial charge on any atom is 0.226 e. The normalized spacial score (nSPS) is 12.1. The van der Waals surface area contributed by atoms with Crippen molar-refractivity contribution in [1.82, 2.24) is 4.98 Å². The molecule has 0 aliphatic rings. The van der Waals surface area contributed by atoms with Gasteiger partial charge in [-0.15, -0.1) is 11.3 Å². The lowest BCUT2D eigenvalue weighted by atomic mass is 10.0. The highest BCUT2D eigenvalue weighted by Crippen LogP contribution is 2.18. The van der Waals surface area contributed by atoms with Gasteiger partial charge in [0.15, 0.2) is 5.13 Å². The molecule has 100 valence electrons. The zero-order valence-electron chi connectivity index (χ0n) is 10.8. The van der Waals surface area contributed by atoms with Crippen molar-refractivity contribution in [1.29, 1.82) is 0 Å². The molecule has 4 nitrogen and oxygen atoms in total. The van der Waals surface area contributed by atoms with E-state index >= 15 is 0 Å². The molecule has 1 aromatic carbocycles. The second kappa shape index (κ2) is 6.45. The SMILES string of the molecule is Cc1cnc(NC(=O)CCC(N)c2ccccc2)s1. The van der Waals surface area contributed by atoms with Crippen molar-refractivity contribution in [2.45, 2.75) is 25.8 Å². The maximum atomic E-state index is 11.8. The summed E-state index contributed by atoms with van der Waals surface area (Å²) in [4.78, 5) is 16.9. The predicted octanol–water partition coefficient (Wildman–Crippen LogP) is 2.87. The molecule has 3 N–H and O–H groups in total. The molecule has 2 rings (SSSR count). The quantitative estimate of drug-likeness (QED) is 0.881. The highest BCUT2D eigenvalue weighted by atomic mass is 32.1. The van der Waals surface area contributed by atoms with Gasteiger partial charge in [-0.3, -0.25) is 4.79 Å². The molecule has 1 heterocycles. The fourth-order valence-corrected chi connectivity index (χ4v) is 2.43. The summed E-state index contributed by atoms with van der Waals surface area (Å²) < 4.78 is 0. The van der Waals surface area contributed by atoms with E-state index in [0.29, 0.717) is 18.0 Å². The summed E-state index contributed by atoms with van der Waals surface area (Å²) in [5, 5.41) is 3.43. The van der Waals surface area contributed by atoms with Crippen molar-refractivity contribution < 1.29 is 4.79 Å². The van der Waals surface area contributed by atoms with Crippen molar-refractivity contribution in [3.05, 3.63) is 47.0 Å². The molecule has 1 amide bonds. The van der Waals surface area contributed by atoms with Gasteiger partial charge < -0.3 is 11.1 Å². The summed E-state index contributed by atoms with van der Waals surface area (Å²) in [5.74, 6) is -0.0410. The lowest BCUT2D eigenvalue weighted by Gasteiger charge is -2.11. The smallest absolute Gasteiger partial charge is 0.226 e. The third-order valence-corrected chi connectivity index (χ3v) is 3.61. The topological polar surface area (TPSA) is 68.0 Å². The molecular formula is C14H17N3OS. The van der Waals surface area contributed by atoms with Crippen molar-refractivity contribution in [2.24, 2.45) is 5.73 Å². The van der Waals surface area contributed by atoms with E-state index in [1.54, 1.807) is 6.20 Å². The van der Waals surface area contributed by atoms with E-state index in [0.717, 1.165) is 10.4 Å². The van der Waals surface area contributed by atoms with Gasteiger partial charge in [0, 0.05) is 23.5 Å². The number of hydrogen-bond donors (Lipinski definition) is 2. The van der Waals surface area contributed by atoms with Crippen LogP contribution in [-0.2, 0) is 4.79 Å². The van der Waals surface area contributed by atoms with Crippen LogP contribution >= 0.6 is 11.3 Å². The molecule has 5 heteroatoms. The standard InChI is InChI=1S/C14H17N3OS/c1-10-9-16-14(19-10)17-13(18)8-7-12(15)11-5-3-2-4-6-11/h2-6,9,12H,7-8,15H2,1H3,(H,16,17,18). The summed E-state index contributed by atoms with van der Waals surface area (Å²) in [5.41, 5.74) is 7.10. The number of aryl methyl sites for hydroxylation is 1. The summed E-state index contributed by atoms with van der Waals surface area (Å²) in [6, 6.07) is 9.71. The van der Waals surface area contributed by atoms with Gasteiger partial charge in [0.1, 0.15) is 0 Å². The Morgan fingerprint density at radius 1 is 1.42 bits per heavy atom. The molecule has 0 saturated carbocycles. The second-order valence-corrected chi connectivity index (χ2v) is 5.61. The number of amides is 1. The number of nitrogens with one attached hydrogen (secondary N) is 1. The van der Waals surface area contributed by atoms with E-state index in [1.165, 1.54) is 11.3 Å². The monoisotopic (exact) mass is 275 g/mol. The number of carbonyl (C=O) groups excluding carboxylic acids is 1. The van der Waals surface area contributed by atoms with Gasteiger partial charge in [-0.05, 0) is 18.9 Å². The minimum absolute atomic E-state index is 0.0410. The summed E-state index contributed by atoms with van der Waals surface area (Å²) in [7, 11) is 0. The van der Waals surface area contributed by atoms with Crippen LogP contribution < -0.4 is 11.1 Å². The zero-order chi connectivity index (χ0) is 13.7. The highest BCUT2D eigenvalue weighted by molar-refractivity contribution is 7.15. The molecule has 1 atom stereocenters. The van der Waals surface area contributed by atoms with Crippen LogP contribution in [0.25, 0.3) is 0 Å². The van der Waals surface area contributed by atoms with Crippen LogP contribution in [0.1, 0.15) is 29.3 Å². The van der Waals surface area contributed by atoms with Crippen LogP contribution in [0.3, 0.4) is 0 Å². The molecule has 0 bridgehead atoms. The molecule has 0 radical (unpaired) electrons. The van der Waals surface area contributed by atoms with Gasteiger partial charge in [0.25, 0.3) is 0 Å². The molecule has 1 unspecified atom stereocenters.